The van der Waals surface area contributed by atoms with Crippen molar-refractivity contribution >= 4 is 24.2 Å². The molecule has 0 spiro atoms. The average molecular weight is 174 g/mol. The molecule has 11 heavy (non-hydrogen) atoms. The molecule has 0 aliphatic carbocycles. The zero-order valence-electron chi connectivity index (χ0n) is 6.35. The molecule has 1 aliphatic heterocycles. The number of hydrogen-bond acceptors (Lipinski definition) is 5. The largest absolute Gasteiger partial charge is 0.286 e. The van der Waals surface area contributed by atoms with E-state index in [1.807, 2.05) is 0 Å². The number of hydrazone groups is 1. The highest BCUT2D eigenvalue weighted by atomic mass is 32.1. The third-order valence-electron chi connectivity index (χ3n) is 1.43. The van der Waals surface area contributed by atoms with Gasteiger partial charge in [0.1, 0.15) is 5.71 Å². The quantitative estimate of drug-likeness (QED) is 0.288. The Morgan fingerprint density at radius 3 is 2.82 bits per heavy atom. The van der Waals surface area contributed by atoms with Crippen molar-refractivity contribution in [2.75, 3.05) is 7.05 Å². The maximum Gasteiger partial charge on any atom is 0.286 e. The van der Waals surface area contributed by atoms with Crippen LogP contribution in [-0.4, -0.2) is 34.2 Å². The lowest BCUT2D eigenvalue weighted by Crippen LogP contribution is -2.54. The molecule has 0 radical (unpaired) electrons. The van der Waals surface area contributed by atoms with Gasteiger partial charge in [0.25, 0.3) is 5.91 Å². The summed E-state index contributed by atoms with van der Waals surface area (Å²) < 4.78 is 0. The predicted octanol–water partition coefficient (Wildman–Crippen LogP) is -0.777. The Morgan fingerprint density at radius 2 is 2.27 bits per heavy atom. The zero-order valence-corrected chi connectivity index (χ0v) is 7.25. The fourth-order valence-corrected chi connectivity index (χ4v) is 0.959. The van der Waals surface area contributed by atoms with Gasteiger partial charge in [-0.2, -0.15) is 5.10 Å². The fraction of sp³-hybridized carbons (Fsp3) is 0.600. The Hall–Kier alpha value is -0.750. The molecule has 5 nitrogen and oxygen atoms in total. The van der Waals surface area contributed by atoms with E-state index in [0.29, 0.717) is 5.71 Å². The average Bonchev–Trinajstić information content (AvgIpc) is 1.97. The second-order valence-electron chi connectivity index (χ2n) is 2.32. The van der Waals surface area contributed by atoms with Crippen LogP contribution in [-0.2, 0) is 4.79 Å². The van der Waals surface area contributed by atoms with Crippen LogP contribution in [0.3, 0.4) is 0 Å². The van der Waals surface area contributed by atoms with Gasteiger partial charge in [0.05, 0.1) is 0 Å². The van der Waals surface area contributed by atoms with Gasteiger partial charge in [0, 0.05) is 7.05 Å². The number of thiol groups is 1. The lowest BCUT2D eigenvalue weighted by atomic mass is 10.4. The van der Waals surface area contributed by atoms with Gasteiger partial charge in [-0.1, -0.05) is 0 Å². The Balaban J connectivity index is 2.92. The van der Waals surface area contributed by atoms with Crippen LogP contribution in [0.5, 0.6) is 0 Å². The highest BCUT2D eigenvalue weighted by Gasteiger charge is 2.27. The van der Waals surface area contributed by atoms with Crippen molar-refractivity contribution in [1.29, 1.82) is 0 Å². The minimum absolute atomic E-state index is 0.289. The first-order valence-electron chi connectivity index (χ1n) is 3.08. The van der Waals surface area contributed by atoms with Crippen molar-refractivity contribution in [2.45, 2.75) is 12.4 Å². The van der Waals surface area contributed by atoms with E-state index in [9.17, 15) is 4.79 Å². The third kappa shape index (κ3) is 1.31. The van der Waals surface area contributed by atoms with E-state index in [1.54, 1.807) is 14.0 Å². The van der Waals surface area contributed by atoms with Crippen molar-refractivity contribution in [1.82, 2.24) is 10.0 Å². The maximum absolute atomic E-state index is 11.1. The Morgan fingerprint density at radius 1 is 1.73 bits per heavy atom. The van der Waals surface area contributed by atoms with Gasteiger partial charge >= 0.3 is 0 Å². The van der Waals surface area contributed by atoms with Gasteiger partial charge in [-0.3, -0.25) is 9.80 Å². The van der Waals surface area contributed by atoms with Gasteiger partial charge in [-0.15, -0.1) is 12.6 Å². The number of hydrogen-bond donors (Lipinski definition) is 2. The first-order valence-corrected chi connectivity index (χ1v) is 3.60. The fourth-order valence-electron chi connectivity index (χ4n) is 0.803. The van der Waals surface area contributed by atoms with Gasteiger partial charge in [-0.25, -0.2) is 10.9 Å². The van der Waals surface area contributed by atoms with E-state index in [0.717, 1.165) is 5.01 Å². The first kappa shape index (κ1) is 8.35. The Labute approximate surface area is 70.2 Å². The maximum atomic E-state index is 11.1. The van der Waals surface area contributed by atoms with Crippen molar-refractivity contribution in [3.8, 4) is 0 Å². The Kier molecular flexibility index (Phi) is 2.05. The van der Waals surface area contributed by atoms with Crippen molar-refractivity contribution in [3.05, 3.63) is 0 Å². The summed E-state index contributed by atoms with van der Waals surface area (Å²) in [7, 11) is 1.70. The summed E-state index contributed by atoms with van der Waals surface area (Å²) >= 11 is 4.05. The van der Waals surface area contributed by atoms with E-state index in [1.165, 1.54) is 5.01 Å². The minimum Gasteiger partial charge on any atom is -0.266 e. The predicted molar refractivity (Wildman–Crippen MR) is 44.7 cm³/mol. The molecular formula is C5H10N4OS. The number of carbonyl (C=O) groups is 1. The normalized spacial score (nSPS) is 25.6. The summed E-state index contributed by atoms with van der Waals surface area (Å²) in [5, 5.41) is 6.44. The van der Waals surface area contributed by atoms with Crippen LogP contribution in [0.4, 0.5) is 0 Å². The number of amides is 1. The summed E-state index contributed by atoms with van der Waals surface area (Å²) in [6.07, 6.45) is 0. The van der Waals surface area contributed by atoms with Crippen LogP contribution in [0, 0.1) is 0 Å². The summed E-state index contributed by atoms with van der Waals surface area (Å²) in [5.41, 5.74) is -0.0912. The molecule has 1 amide bonds. The van der Waals surface area contributed by atoms with Gasteiger partial charge in [0.2, 0.25) is 0 Å². The smallest absolute Gasteiger partial charge is 0.266 e. The highest BCUT2D eigenvalue weighted by molar-refractivity contribution is 7.80. The molecule has 1 aliphatic rings. The summed E-state index contributed by atoms with van der Waals surface area (Å²) in [6.45, 7) is 1.61. The van der Waals surface area contributed by atoms with Gasteiger partial charge in [0.15, 0.2) is 5.50 Å². The van der Waals surface area contributed by atoms with Crippen LogP contribution in [0.25, 0.3) is 0 Å². The molecule has 0 aromatic heterocycles. The number of rotatable bonds is 0. The molecule has 1 heterocycles. The molecule has 0 saturated carbocycles. The van der Waals surface area contributed by atoms with E-state index < -0.39 is 5.50 Å². The molecule has 0 bridgehead atoms. The monoisotopic (exact) mass is 174 g/mol. The Bertz CT molecular complexity index is 217. The zero-order chi connectivity index (χ0) is 8.59. The van der Waals surface area contributed by atoms with Crippen LogP contribution in [0.2, 0.25) is 0 Å². The molecule has 1 rings (SSSR count). The van der Waals surface area contributed by atoms with Crippen LogP contribution < -0.4 is 5.84 Å². The first-order chi connectivity index (χ1) is 5.04. The topological polar surface area (TPSA) is 61.9 Å². The van der Waals surface area contributed by atoms with Gasteiger partial charge < -0.3 is 0 Å². The van der Waals surface area contributed by atoms with E-state index in [4.69, 9.17) is 5.84 Å². The molecule has 1 atom stereocenters. The molecule has 0 saturated heterocycles. The highest BCUT2D eigenvalue weighted by Crippen LogP contribution is 2.10. The second kappa shape index (κ2) is 2.71. The summed E-state index contributed by atoms with van der Waals surface area (Å²) in [5.74, 6) is 5.10. The number of nitrogens with zero attached hydrogens (tertiary/aromatic N) is 3. The van der Waals surface area contributed by atoms with Crippen LogP contribution in [0.1, 0.15) is 6.92 Å². The lowest BCUT2D eigenvalue weighted by Gasteiger charge is -2.33. The van der Waals surface area contributed by atoms with E-state index in [-0.39, 0.29) is 5.91 Å². The SMILES string of the molecule is CC1=NN(C)C(S)N(N)C1=O. The minimum atomic E-state index is -0.466. The van der Waals surface area contributed by atoms with E-state index in [2.05, 4.69) is 17.7 Å². The molecule has 62 valence electrons. The molecule has 6 heteroatoms. The molecule has 0 aromatic carbocycles. The molecule has 1 unspecified atom stereocenters. The van der Waals surface area contributed by atoms with Crippen molar-refractivity contribution in [3.63, 3.8) is 0 Å². The third-order valence-corrected chi connectivity index (χ3v) is 2.02. The van der Waals surface area contributed by atoms with Crippen LogP contribution >= 0.6 is 12.6 Å². The number of carbonyl (C=O) groups excluding carboxylic acids is 1. The molecule has 0 aromatic rings. The van der Waals surface area contributed by atoms with Crippen LogP contribution in [0.15, 0.2) is 5.10 Å². The lowest BCUT2D eigenvalue weighted by molar-refractivity contribution is -0.129. The van der Waals surface area contributed by atoms with Crippen molar-refractivity contribution in [2.24, 2.45) is 10.9 Å². The standard InChI is InChI=1S/C5H10N4OS/c1-3-4(10)9(6)5(11)8(2)7-3/h5,11H,6H2,1-2H3. The summed E-state index contributed by atoms with van der Waals surface area (Å²) in [4.78, 5) is 11.1. The van der Waals surface area contributed by atoms with Crippen molar-refractivity contribution < 1.29 is 4.79 Å². The van der Waals surface area contributed by atoms with E-state index >= 15 is 0 Å². The summed E-state index contributed by atoms with van der Waals surface area (Å²) in [6, 6.07) is 0. The second-order valence-corrected chi connectivity index (χ2v) is 2.78. The number of hydrazine groups is 1. The molecular weight excluding hydrogens is 164 g/mol. The van der Waals surface area contributed by atoms with Gasteiger partial charge in [-0.05, 0) is 6.92 Å². The molecule has 0 fully saturated rings. The number of nitrogens with two attached hydrogens (primary N) is 1. The molecule has 2 N–H and O–H groups in total.